The van der Waals surface area contributed by atoms with Crippen LogP contribution in [-0.2, 0) is 6.54 Å². The van der Waals surface area contributed by atoms with E-state index in [1.54, 1.807) is 0 Å². The molecule has 18 heavy (non-hydrogen) atoms. The average Bonchev–Trinajstić information content (AvgIpc) is 2.37. The van der Waals surface area contributed by atoms with Crippen LogP contribution in [0.2, 0.25) is 0 Å². The van der Waals surface area contributed by atoms with Gasteiger partial charge in [-0.2, -0.15) is 0 Å². The zero-order valence-electron chi connectivity index (χ0n) is 12.5. The lowest BCUT2D eigenvalue weighted by Crippen LogP contribution is -2.30. The minimum atomic E-state index is 0.364. The van der Waals surface area contributed by atoms with Crippen molar-refractivity contribution in [1.82, 2.24) is 15.3 Å². The van der Waals surface area contributed by atoms with E-state index in [0.717, 1.165) is 30.2 Å². The van der Waals surface area contributed by atoms with Gasteiger partial charge in [0.25, 0.3) is 0 Å². The Labute approximate surface area is 111 Å². The number of nitrogens with zero attached hydrogens (tertiary/aromatic N) is 3. The van der Waals surface area contributed by atoms with Gasteiger partial charge in [-0.05, 0) is 20.4 Å². The zero-order chi connectivity index (χ0) is 13.7. The first kappa shape index (κ1) is 14.9. The number of aromatic nitrogens is 2. The quantitative estimate of drug-likeness (QED) is 0.842. The molecule has 0 aliphatic heterocycles. The van der Waals surface area contributed by atoms with Crippen molar-refractivity contribution in [1.29, 1.82) is 0 Å². The van der Waals surface area contributed by atoms with Gasteiger partial charge in [-0.15, -0.1) is 0 Å². The number of anilines is 1. The van der Waals surface area contributed by atoms with Gasteiger partial charge in [0.2, 0.25) is 0 Å². The Morgan fingerprint density at radius 1 is 1.33 bits per heavy atom. The maximum absolute atomic E-state index is 4.68. The predicted octanol–water partition coefficient (Wildman–Crippen LogP) is 2.55. The Bertz CT molecular complexity index is 376. The molecule has 0 aromatic carbocycles. The highest BCUT2D eigenvalue weighted by Crippen LogP contribution is 2.21. The van der Waals surface area contributed by atoms with Crippen molar-refractivity contribution in [3.05, 3.63) is 17.7 Å². The van der Waals surface area contributed by atoms with Crippen LogP contribution in [0.3, 0.4) is 0 Å². The van der Waals surface area contributed by atoms with E-state index in [0.29, 0.717) is 12.0 Å². The fourth-order valence-corrected chi connectivity index (χ4v) is 1.81. The van der Waals surface area contributed by atoms with Crippen LogP contribution in [0, 0.1) is 0 Å². The lowest BCUT2D eigenvalue weighted by molar-refractivity contribution is 0.647. The lowest BCUT2D eigenvalue weighted by atomic mass is 10.1. The summed E-state index contributed by atoms with van der Waals surface area (Å²) in [5, 5.41) is 3.19. The zero-order valence-corrected chi connectivity index (χ0v) is 12.5. The lowest BCUT2D eigenvalue weighted by Gasteiger charge is -2.27. The summed E-state index contributed by atoms with van der Waals surface area (Å²) >= 11 is 0. The summed E-state index contributed by atoms with van der Waals surface area (Å²) < 4.78 is 0. The number of rotatable bonds is 6. The minimum Gasteiger partial charge on any atom is -0.369 e. The molecule has 0 saturated carbocycles. The van der Waals surface area contributed by atoms with E-state index in [4.69, 9.17) is 0 Å². The van der Waals surface area contributed by atoms with Crippen LogP contribution in [-0.4, -0.2) is 30.1 Å². The fourth-order valence-electron chi connectivity index (χ4n) is 1.81. The third-order valence-electron chi connectivity index (χ3n) is 3.36. The molecule has 0 bridgehead atoms. The molecule has 4 heteroatoms. The first-order valence-electron chi connectivity index (χ1n) is 6.74. The van der Waals surface area contributed by atoms with Crippen molar-refractivity contribution in [2.75, 3.05) is 19.0 Å². The molecule has 0 radical (unpaired) electrons. The molecule has 4 nitrogen and oxygen atoms in total. The van der Waals surface area contributed by atoms with Gasteiger partial charge in [0.15, 0.2) is 0 Å². The summed E-state index contributed by atoms with van der Waals surface area (Å²) in [6.45, 7) is 9.44. The smallest absolute Gasteiger partial charge is 0.131 e. The van der Waals surface area contributed by atoms with E-state index >= 15 is 0 Å². The fraction of sp³-hybridized carbons (Fsp3) is 0.714. The molecule has 0 aliphatic carbocycles. The molecule has 1 aromatic heterocycles. The molecule has 1 rings (SSSR count). The number of nitrogens with one attached hydrogen (secondary N) is 1. The maximum atomic E-state index is 4.68. The monoisotopic (exact) mass is 250 g/mol. The molecule has 1 aromatic rings. The molecular formula is C14H26N4. The van der Waals surface area contributed by atoms with Crippen LogP contribution in [0.5, 0.6) is 0 Å². The molecule has 1 atom stereocenters. The van der Waals surface area contributed by atoms with E-state index < -0.39 is 0 Å². The third-order valence-corrected chi connectivity index (χ3v) is 3.36. The predicted molar refractivity (Wildman–Crippen MR) is 77.0 cm³/mol. The van der Waals surface area contributed by atoms with Crippen molar-refractivity contribution in [3.63, 3.8) is 0 Å². The number of hydrogen-bond acceptors (Lipinski definition) is 4. The van der Waals surface area contributed by atoms with Crippen LogP contribution >= 0.6 is 0 Å². The first-order valence-corrected chi connectivity index (χ1v) is 6.74. The van der Waals surface area contributed by atoms with E-state index in [9.17, 15) is 0 Å². The molecule has 1 unspecified atom stereocenters. The molecular weight excluding hydrogens is 224 g/mol. The van der Waals surface area contributed by atoms with E-state index in [2.05, 4.69) is 54.9 Å². The van der Waals surface area contributed by atoms with Gasteiger partial charge in [0.05, 0.1) is 17.6 Å². The second-order valence-corrected chi connectivity index (χ2v) is 5.11. The molecule has 0 saturated heterocycles. The standard InChI is InChI=1S/C14H26N4/c1-7-11(4)18(6)13-9-16-14(10(2)3)17-12(13)8-15-5/h9-11,15H,7-8H2,1-6H3. The molecule has 0 spiro atoms. The van der Waals surface area contributed by atoms with Crippen LogP contribution in [0.25, 0.3) is 0 Å². The molecule has 0 amide bonds. The van der Waals surface area contributed by atoms with Gasteiger partial charge in [0, 0.05) is 25.6 Å². The minimum absolute atomic E-state index is 0.364. The van der Waals surface area contributed by atoms with Crippen molar-refractivity contribution in [2.24, 2.45) is 0 Å². The highest BCUT2D eigenvalue weighted by molar-refractivity contribution is 5.49. The molecule has 1 N–H and O–H groups in total. The van der Waals surface area contributed by atoms with E-state index in [1.165, 1.54) is 0 Å². The summed E-state index contributed by atoms with van der Waals surface area (Å²) in [4.78, 5) is 11.4. The normalized spacial score (nSPS) is 12.8. The summed E-state index contributed by atoms with van der Waals surface area (Å²) in [7, 11) is 4.06. The van der Waals surface area contributed by atoms with Gasteiger partial charge in [-0.3, -0.25) is 0 Å². The molecule has 0 aliphatic rings. The Balaban J connectivity index is 3.10. The number of hydrogen-bond donors (Lipinski definition) is 1. The highest BCUT2D eigenvalue weighted by atomic mass is 15.2. The molecule has 0 fully saturated rings. The Morgan fingerprint density at radius 3 is 2.50 bits per heavy atom. The van der Waals surface area contributed by atoms with Crippen molar-refractivity contribution in [3.8, 4) is 0 Å². The van der Waals surface area contributed by atoms with Crippen molar-refractivity contribution in [2.45, 2.75) is 52.6 Å². The largest absolute Gasteiger partial charge is 0.369 e. The van der Waals surface area contributed by atoms with Crippen molar-refractivity contribution < 1.29 is 0 Å². The Hall–Kier alpha value is -1.16. The average molecular weight is 250 g/mol. The van der Waals surface area contributed by atoms with Gasteiger partial charge < -0.3 is 10.2 Å². The van der Waals surface area contributed by atoms with Gasteiger partial charge in [-0.1, -0.05) is 20.8 Å². The second-order valence-electron chi connectivity index (χ2n) is 5.11. The molecule has 1 heterocycles. The van der Waals surface area contributed by atoms with Crippen molar-refractivity contribution >= 4 is 5.69 Å². The SMILES string of the molecule is CCC(C)N(C)c1cnc(C(C)C)nc1CNC. The topological polar surface area (TPSA) is 41.1 Å². The van der Waals surface area contributed by atoms with Crippen LogP contribution in [0.4, 0.5) is 5.69 Å². The maximum Gasteiger partial charge on any atom is 0.131 e. The summed E-state index contributed by atoms with van der Waals surface area (Å²) in [6.07, 6.45) is 3.07. The Kier molecular flexibility index (Phi) is 5.54. The van der Waals surface area contributed by atoms with Gasteiger partial charge in [0.1, 0.15) is 5.82 Å². The van der Waals surface area contributed by atoms with E-state index in [-0.39, 0.29) is 0 Å². The third kappa shape index (κ3) is 3.42. The summed E-state index contributed by atoms with van der Waals surface area (Å²) in [6, 6.07) is 0.495. The molecule has 102 valence electrons. The summed E-state index contributed by atoms with van der Waals surface area (Å²) in [5.74, 6) is 1.28. The summed E-state index contributed by atoms with van der Waals surface area (Å²) in [5.41, 5.74) is 2.21. The highest BCUT2D eigenvalue weighted by Gasteiger charge is 2.15. The first-order chi connectivity index (χ1) is 8.51. The van der Waals surface area contributed by atoms with Gasteiger partial charge >= 0.3 is 0 Å². The van der Waals surface area contributed by atoms with Crippen LogP contribution in [0.15, 0.2) is 6.20 Å². The van der Waals surface area contributed by atoms with Crippen LogP contribution < -0.4 is 10.2 Å². The second kappa shape index (κ2) is 6.69. The Morgan fingerprint density at radius 2 is 2.00 bits per heavy atom. The van der Waals surface area contributed by atoms with Gasteiger partial charge in [-0.25, -0.2) is 9.97 Å². The van der Waals surface area contributed by atoms with Crippen LogP contribution in [0.1, 0.15) is 51.6 Å². The van der Waals surface area contributed by atoms with E-state index in [1.807, 2.05) is 13.2 Å².